The Balaban J connectivity index is 3.80. The fourth-order valence-electron chi connectivity index (χ4n) is 0.593. The van der Waals surface area contributed by atoms with Crippen molar-refractivity contribution >= 4 is 5.97 Å². The summed E-state index contributed by atoms with van der Waals surface area (Å²) >= 11 is 0. The molecule has 0 rings (SSSR count). The van der Waals surface area contributed by atoms with Crippen LogP contribution in [0.5, 0.6) is 0 Å². The molecule has 10 heavy (non-hydrogen) atoms. The highest BCUT2D eigenvalue weighted by Crippen LogP contribution is 1.92. The minimum atomic E-state index is -1.41. The smallest absolute Gasteiger partial charge is 0.142 e. The van der Waals surface area contributed by atoms with Gasteiger partial charge in [-0.05, 0) is 0 Å². The molecule has 0 amide bonds. The first-order valence-corrected chi connectivity index (χ1v) is 3.02. The first-order valence-electron chi connectivity index (χ1n) is 3.02. The molecule has 0 saturated carbocycles. The van der Waals surface area contributed by atoms with Crippen LogP contribution in [-0.2, 0) is 4.79 Å². The second-order valence-electron chi connectivity index (χ2n) is 3.31. The van der Waals surface area contributed by atoms with Crippen molar-refractivity contribution in [2.45, 2.75) is 6.10 Å². The van der Waals surface area contributed by atoms with Crippen LogP contribution >= 0.6 is 0 Å². The lowest BCUT2D eigenvalue weighted by atomic mass is 10.3. The molecule has 0 bridgehead atoms. The number of carbonyl (C=O) groups is 1. The summed E-state index contributed by atoms with van der Waals surface area (Å²) < 4.78 is 0.412. The Morgan fingerprint density at radius 1 is 1.60 bits per heavy atom. The van der Waals surface area contributed by atoms with Crippen LogP contribution in [0.4, 0.5) is 0 Å². The Kier molecular flexibility index (Phi) is 2.80. The van der Waals surface area contributed by atoms with Crippen molar-refractivity contribution in [2.24, 2.45) is 0 Å². The monoisotopic (exact) mass is 147 g/mol. The molecule has 0 aromatic carbocycles. The summed E-state index contributed by atoms with van der Waals surface area (Å²) in [6.45, 7) is 0.169. The van der Waals surface area contributed by atoms with Crippen LogP contribution in [0.2, 0.25) is 0 Å². The Labute approximate surface area is 60.3 Å². The molecule has 0 spiro atoms. The highest BCUT2D eigenvalue weighted by molar-refractivity contribution is 5.69. The van der Waals surface area contributed by atoms with E-state index in [1.54, 1.807) is 21.1 Å². The van der Waals surface area contributed by atoms with Gasteiger partial charge in [0.25, 0.3) is 0 Å². The maximum Gasteiger partial charge on any atom is 0.142 e. The summed E-state index contributed by atoms with van der Waals surface area (Å²) in [5.74, 6) is -1.41. The Hall–Kier alpha value is -0.610. The zero-order valence-electron chi connectivity index (χ0n) is 6.50. The topological polar surface area (TPSA) is 60.4 Å². The van der Waals surface area contributed by atoms with Gasteiger partial charge in [-0.1, -0.05) is 0 Å². The van der Waals surface area contributed by atoms with Crippen molar-refractivity contribution in [3.8, 4) is 0 Å². The number of quaternary nitrogens is 1. The van der Waals surface area contributed by atoms with Crippen molar-refractivity contribution in [1.29, 1.82) is 0 Å². The van der Waals surface area contributed by atoms with E-state index >= 15 is 0 Å². The van der Waals surface area contributed by atoms with Gasteiger partial charge in [0.05, 0.1) is 27.1 Å². The third kappa shape index (κ3) is 4.29. The van der Waals surface area contributed by atoms with Crippen molar-refractivity contribution < 1.29 is 19.5 Å². The van der Waals surface area contributed by atoms with Gasteiger partial charge in [0.2, 0.25) is 0 Å². The third-order valence-electron chi connectivity index (χ3n) is 0.993. The predicted molar refractivity (Wildman–Crippen MR) is 33.9 cm³/mol. The molecule has 4 heteroatoms. The van der Waals surface area contributed by atoms with E-state index in [4.69, 9.17) is 5.11 Å². The van der Waals surface area contributed by atoms with E-state index in [0.717, 1.165) is 0 Å². The zero-order valence-corrected chi connectivity index (χ0v) is 6.50. The number of aliphatic hydroxyl groups is 1. The van der Waals surface area contributed by atoms with Gasteiger partial charge in [-0.25, -0.2) is 0 Å². The molecule has 0 unspecified atom stereocenters. The SMILES string of the molecule is C[N+](C)(C)C[C@H](O)C(=O)[O-]. The summed E-state index contributed by atoms with van der Waals surface area (Å²) in [4.78, 5) is 10.0. The first-order chi connectivity index (χ1) is 4.33. The van der Waals surface area contributed by atoms with Gasteiger partial charge >= 0.3 is 0 Å². The Bertz CT molecular complexity index is 127. The number of hydrogen-bond acceptors (Lipinski definition) is 3. The van der Waals surface area contributed by atoms with Crippen LogP contribution in [0, 0.1) is 0 Å². The molecule has 4 nitrogen and oxygen atoms in total. The average Bonchev–Trinajstić information content (AvgIpc) is 1.60. The molecule has 1 atom stereocenters. The van der Waals surface area contributed by atoms with Gasteiger partial charge in [-0.15, -0.1) is 0 Å². The molecule has 0 aromatic rings. The number of hydrogen-bond donors (Lipinski definition) is 1. The predicted octanol–water partition coefficient (Wildman–Crippen LogP) is -2.20. The maximum absolute atomic E-state index is 10.0. The lowest BCUT2D eigenvalue weighted by Gasteiger charge is -2.26. The molecule has 0 aliphatic rings. The second-order valence-corrected chi connectivity index (χ2v) is 3.31. The van der Waals surface area contributed by atoms with E-state index < -0.39 is 12.1 Å². The largest absolute Gasteiger partial charge is 0.547 e. The van der Waals surface area contributed by atoms with Crippen LogP contribution in [-0.4, -0.2) is 49.4 Å². The minimum absolute atomic E-state index is 0.169. The van der Waals surface area contributed by atoms with Crippen LogP contribution in [0.3, 0.4) is 0 Å². The molecular formula is C6H13NO3. The molecule has 0 fully saturated rings. The molecule has 0 aliphatic heterocycles. The maximum atomic E-state index is 10.0. The van der Waals surface area contributed by atoms with Crippen LogP contribution < -0.4 is 5.11 Å². The summed E-state index contributed by atoms with van der Waals surface area (Å²) in [7, 11) is 5.39. The van der Waals surface area contributed by atoms with Gasteiger partial charge in [0, 0.05) is 0 Å². The molecule has 0 radical (unpaired) electrons. The van der Waals surface area contributed by atoms with Gasteiger partial charge in [0.1, 0.15) is 12.6 Å². The molecule has 60 valence electrons. The van der Waals surface area contributed by atoms with Gasteiger partial charge in [0.15, 0.2) is 0 Å². The fourth-order valence-corrected chi connectivity index (χ4v) is 0.593. The van der Waals surface area contributed by atoms with Crippen LogP contribution in [0.15, 0.2) is 0 Å². The quantitative estimate of drug-likeness (QED) is 0.461. The van der Waals surface area contributed by atoms with Gasteiger partial charge < -0.3 is 19.5 Å². The van der Waals surface area contributed by atoms with Gasteiger partial charge in [-0.2, -0.15) is 0 Å². The number of carboxylic acids is 1. The van der Waals surface area contributed by atoms with Crippen LogP contribution in [0.1, 0.15) is 0 Å². The lowest BCUT2D eigenvalue weighted by Crippen LogP contribution is -2.48. The van der Waals surface area contributed by atoms with E-state index in [-0.39, 0.29) is 6.54 Å². The molecular weight excluding hydrogens is 134 g/mol. The molecule has 0 saturated heterocycles. The van der Waals surface area contributed by atoms with Crippen molar-refractivity contribution in [1.82, 2.24) is 0 Å². The van der Waals surface area contributed by atoms with E-state index in [9.17, 15) is 9.90 Å². The van der Waals surface area contributed by atoms with Gasteiger partial charge in [-0.3, -0.25) is 0 Å². The summed E-state index contributed by atoms with van der Waals surface area (Å²) in [5, 5.41) is 18.8. The Morgan fingerprint density at radius 3 is 2.10 bits per heavy atom. The summed E-state index contributed by atoms with van der Waals surface area (Å²) in [5.41, 5.74) is 0. The molecule has 0 heterocycles. The third-order valence-corrected chi connectivity index (χ3v) is 0.993. The van der Waals surface area contributed by atoms with Crippen molar-refractivity contribution in [3.05, 3.63) is 0 Å². The van der Waals surface area contributed by atoms with Crippen LogP contribution in [0.25, 0.3) is 0 Å². The molecule has 0 aromatic heterocycles. The molecule has 0 aliphatic carbocycles. The highest BCUT2D eigenvalue weighted by atomic mass is 16.4. The molecule has 1 N–H and O–H groups in total. The average molecular weight is 147 g/mol. The summed E-state index contributed by atoms with van der Waals surface area (Å²) in [6, 6.07) is 0. The van der Waals surface area contributed by atoms with Crippen molar-refractivity contribution in [2.75, 3.05) is 27.7 Å². The lowest BCUT2D eigenvalue weighted by molar-refractivity contribution is -0.872. The number of carboxylic acid groups (broad SMARTS) is 1. The number of aliphatic carboxylic acids is 1. The van der Waals surface area contributed by atoms with E-state index in [1.165, 1.54) is 0 Å². The fraction of sp³-hybridized carbons (Fsp3) is 0.833. The van der Waals surface area contributed by atoms with E-state index in [0.29, 0.717) is 4.48 Å². The standard InChI is InChI=1S/C6H13NO3/c1-7(2,3)4-5(8)6(9)10/h5,8H,4H2,1-3H3/t5-/m0/s1. The number of rotatable bonds is 3. The Morgan fingerprint density at radius 2 is 2.00 bits per heavy atom. The number of aliphatic hydroxyl groups excluding tert-OH is 1. The number of likely N-dealkylation sites (N-methyl/N-ethyl adjacent to an activating group) is 1. The minimum Gasteiger partial charge on any atom is -0.547 e. The normalized spacial score (nSPS) is 14.8. The second kappa shape index (κ2) is 2.98. The zero-order chi connectivity index (χ0) is 8.36. The van der Waals surface area contributed by atoms with E-state index in [2.05, 4.69) is 0 Å². The summed E-state index contributed by atoms with van der Waals surface area (Å²) in [6.07, 6.45) is -1.36. The number of nitrogens with zero attached hydrogens (tertiary/aromatic N) is 1. The first kappa shape index (κ1) is 9.39. The van der Waals surface area contributed by atoms with Crippen molar-refractivity contribution in [3.63, 3.8) is 0 Å². The highest BCUT2D eigenvalue weighted by Gasteiger charge is 2.15. The van der Waals surface area contributed by atoms with E-state index in [1.807, 2.05) is 0 Å². The number of carbonyl (C=O) groups excluding carboxylic acids is 1.